The molecule has 0 radical (unpaired) electrons. The molecule has 9 heteroatoms. The number of nitrogens with two attached hydrogens (primary N) is 1. The van der Waals surface area contributed by atoms with Crippen molar-refractivity contribution in [1.82, 2.24) is 9.21 Å². The summed E-state index contributed by atoms with van der Waals surface area (Å²) in [5.41, 5.74) is 7.10. The first-order valence-electron chi connectivity index (χ1n) is 8.46. The van der Waals surface area contributed by atoms with Crippen LogP contribution >= 0.6 is 0 Å². The number of rotatable bonds is 6. The second-order valence-corrected chi connectivity index (χ2v) is 8.44. The van der Waals surface area contributed by atoms with Crippen LogP contribution in [-0.4, -0.2) is 66.8 Å². The number of piperazine rings is 1. The number of sulfonamides is 1. The van der Waals surface area contributed by atoms with Crippen LogP contribution in [0.25, 0.3) is 0 Å². The van der Waals surface area contributed by atoms with Crippen molar-refractivity contribution in [3.8, 4) is 0 Å². The Kier molecular flexibility index (Phi) is 6.38. The topological polar surface area (TPSA) is 121 Å². The fourth-order valence-electron chi connectivity index (χ4n) is 2.97. The van der Waals surface area contributed by atoms with Crippen LogP contribution in [0.4, 0.5) is 0 Å². The highest BCUT2D eigenvalue weighted by molar-refractivity contribution is 7.89. The molecule has 0 spiro atoms. The Hall–Kier alpha value is -1.97. The number of carboxylic acids is 1. The molecule has 1 fully saturated rings. The molecule has 0 aromatic heterocycles. The zero-order valence-electron chi connectivity index (χ0n) is 15.0. The van der Waals surface area contributed by atoms with Crippen LogP contribution in [0.2, 0.25) is 0 Å². The smallest absolute Gasteiger partial charge is 0.320 e. The minimum Gasteiger partial charge on any atom is -0.480 e. The van der Waals surface area contributed by atoms with Crippen molar-refractivity contribution in [1.29, 1.82) is 0 Å². The third kappa shape index (κ3) is 4.60. The fraction of sp³-hybridized carbons (Fsp3) is 0.529. The molecule has 1 aliphatic heterocycles. The van der Waals surface area contributed by atoms with Crippen molar-refractivity contribution >= 4 is 21.9 Å². The second-order valence-electron chi connectivity index (χ2n) is 6.54. The quantitative estimate of drug-likeness (QED) is 0.730. The number of amides is 1. The molecule has 1 saturated heterocycles. The summed E-state index contributed by atoms with van der Waals surface area (Å²) in [4.78, 5) is 24.7. The van der Waals surface area contributed by atoms with Crippen molar-refractivity contribution in [2.24, 2.45) is 5.73 Å². The number of nitrogens with zero attached hydrogens (tertiary/aromatic N) is 2. The van der Waals surface area contributed by atoms with Gasteiger partial charge in [-0.2, -0.15) is 4.31 Å². The lowest BCUT2D eigenvalue weighted by molar-refractivity contribution is -0.139. The first-order chi connectivity index (χ1) is 12.1. The summed E-state index contributed by atoms with van der Waals surface area (Å²) in [5.74, 6) is -1.34. The summed E-state index contributed by atoms with van der Waals surface area (Å²) in [6.45, 7) is 4.67. The second kappa shape index (κ2) is 8.15. The van der Waals surface area contributed by atoms with Gasteiger partial charge in [-0.05, 0) is 31.9 Å². The minimum absolute atomic E-state index is 0.0390. The molecule has 3 N–H and O–H groups in total. The number of aliphatic carboxylic acids is 1. The van der Waals surface area contributed by atoms with Gasteiger partial charge >= 0.3 is 5.97 Å². The minimum atomic E-state index is -3.60. The molecule has 8 nitrogen and oxygen atoms in total. The zero-order chi connectivity index (χ0) is 19.5. The van der Waals surface area contributed by atoms with E-state index < -0.39 is 22.0 Å². The van der Waals surface area contributed by atoms with E-state index in [1.807, 2.05) is 13.0 Å². The lowest BCUT2D eigenvalue weighted by atomic mass is 10.1. The Morgan fingerprint density at radius 3 is 2.35 bits per heavy atom. The molecule has 1 aromatic carbocycles. The molecule has 0 aliphatic carbocycles. The van der Waals surface area contributed by atoms with E-state index in [1.54, 1.807) is 24.0 Å². The van der Waals surface area contributed by atoms with Crippen molar-refractivity contribution < 1.29 is 23.1 Å². The lowest BCUT2D eigenvalue weighted by Crippen LogP contribution is -2.50. The molecule has 26 heavy (non-hydrogen) atoms. The number of benzene rings is 1. The molecule has 2 rings (SSSR count). The fourth-order valence-corrected chi connectivity index (χ4v) is 4.59. The Labute approximate surface area is 153 Å². The van der Waals surface area contributed by atoms with E-state index in [4.69, 9.17) is 10.8 Å². The lowest BCUT2D eigenvalue weighted by Gasteiger charge is -2.34. The average molecular weight is 383 g/mol. The van der Waals surface area contributed by atoms with Crippen molar-refractivity contribution in [3.63, 3.8) is 0 Å². The van der Waals surface area contributed by atoms with Gasteiger partial charge in [0.25, 0.3) is 0 Å². The van der Waals surface area contributed by atoms with Crippen LogP contribution in [-0.2, 0) is 19.6 Å². The van der Waals surface area contributed by atoms with Gasteiger partial charge in [0, 0.05) is 32.6 Å². The van der Waals surface area contributed by atoms with E-state index in [1.165, 1.54) is 4.31 Å². The molecule has 0 unspecified atom stereocenters. The van der Waals surface area contributed by atoms with Crippen LogP contribution in [0, 0.1) is 13.8 Å². The van der Waals surface area contributed by atoms with E-state index in [9.17, 15) is 18.0 Å². The number of carbonyl (C=O) groups excluding carboxylic acids is 1. The Morgan fingerprint density at radius 2 is 1.81 bits per heavy atom. The molecule has 1 heterocycles. The van der Waals surface area contributed by atoms with E-state index in [2.05, 4.69) is 0 Å². The summed E-state index contributed by atoms with van der Waals surface area (Å²) < 4.78 is 27.0. The van der Waals surface area contributed by atoms with Crippen LogP contribution in [0.3, 0.4) is 0 Å². The maximum Gasteiger partial charge on any atom is 0.320 e. The Morgan fingerprint density at radius 1 is 1.19 bits per heavy atom. The van der Waals surface area contributed by atoms with Crippen molar-refractivity contribution in [3.05, 3.63) is 29.3 Å². The largest absolute Gasteiger partial charge is 0.480 e. The van der Waals surface area contributed by atoms with Gasteiger partial charge in [-0.3, -0.25) is 9.59 Å². The molecule has 1 aliphatic rings. The van der Waals surface area contributed by atoms with Crippen molar-refractivity contribution in [2.75, 3.05) is 26.2 Å². The predicted octanol–water partition coefficient (Wildman–Crippen LogP) is 0.328. The van der Waals surface area contributed by atoms with Gasteiger partial charge in [0.1, 0.15) is 6.04 Å². The van der Waals surface area contributed by atoms with Gasteiger partial charge in [-0.1, -0.05) is 17.7 Å². The number of carboxylic acid groups (broad SMARTS) is 1. The summed E-state index contributed by atoms with van der Waals surface area (Å²) in [7, 11) is -3.60. The summed E-state index contributed by atoms with van der Waals surface area (Å²) >= 11 is 0. The monoisotopic (exact) mass is 383 g/mol. The SMILES string of the molecule is Cc1ccc(S(=O)(=O)N2CCN(C(=O)CC[C@H](N)C(=O)O)CC2)c(C)c1. The number of hydrogen-bond donors (Lipinski definition) is 2. The van der Waals surface area contributed by atoms with Gasteiger partial charge in [0.05, 0.1) is 4.90 Å². The normalized spacial score (nSPS) is 17.1. The number of carbonyl (C=O) groups is 2. The first-order valence-corrected chi connectivity index (χ1v) is 9.90. The Bertz CT molecular complexity index is 786. The van der Waals surface area contributed by atoms with Gasteiger partial charge in [-0.25, -0.2) is 8.42 Å². The molecule has 1 amide bonds. The van der Waals surface area contributed by atoms with E-state index in [0.29, 0.717) is 5.56 Å². The average Bonchev–Trinajstić information content (AvgIpc) is 2.59. The summed E-state index contributed by atoms with van der Waals surface area (Å²) in [6, 6.07) is 4.15. The van der Waals surface area contributed by atoms with Gasteiger partial charge in [0.15, 0.2) is 0 Å². The molecule has 1 atom stereocenters. The van der Waals surface area contributed by atoms with E-state index >= 15 is 0 Å². The van der Waals surface area contributed by atoms with Gasteiger partial charge in [0.2, 0.25) is 15.9 Å². The molecular weight excluding hydrogens is 358 g/mol. The first kappa shape index (κ1) is 20.3. The third-order valence-corrected chi connectivity index (χ3v) is 6.58. The summed E-state index contributed by atoms with van der Waals surface area (Å²) in [6.07, 6.45) is 0.104. The van der Waals surface area contributed by atoms with Crippen LogP contribution in [0.15, 0.2) is 23.1 Å². The Balaban J connectivity index is 1.97. The molecule has 0 bridgehead atoms. The van der Waals surface area contributed by atoms with Crippen LogP contribution in [0.5, 0.6) is 0 Å². The standard InChI is InChI=1S/C17H25N3O5S/c1-12-3-5-15(13(2)11-12)26(24,25)20-9-7-19(8-10-20)16(21)6-4-14(18)17(22)23/h3,5,11,14H,4,6-10,18H2,1-2H3,(H,22,23)/t14-/m0/s1. The molecule has 144 valence electrons. The highest BCUT2D eigenvalue weighted by Gasteiger charge is 2.31. The molecular formula is C17H25N3O5S. The zero-order valence-corrected chi connectivity index (χ0v) is 15.8. The van der Waals surface area contributed by atoms with E-state index in [-0.39, 0.29) is 49.8 Å². The van der Waals surface area contributed by atoms with Crippen LogP contribution in [0.1, 0.15) is 24.0 Å². The van der Waals surface area contributed by atoms with Crippen molar-refractivity contribution in [2.45, 2.75) is 37.6 Å². The maximum atomic E-state index is 12.8. The highest BCUT2D eigenvalue weighted by Crippen LogP contribution is 2.22. The number of aryl methyl sites for hydroxylation is 2. The van der Waals surface area contributed by atoms with Crippen LogP contribution < -0.4 is 5.73 Å². The maximum absolute atomic E-state index is 12.8. The molecule has 1 aromatic rings. The molecule has 0 saturated carbocycles. The third-order valence-electron chi connectivity index (χ3n) is 4.53. The van der Waals surface area contributed by atoms with Gasteiger partial charge in [-0.15, -0.1) is 0 Å². The predicted molar refractivity (Wildman–Crippen MR) is 96.1 cm³/mol. The highest BCUT2D eigenvalue weighted by atomic mass is 32.2. The summed E-state index contributed by atoms with van der Waals surface area (Å²) in [5, 5.41) is 8.75. The number of hydrogen-bond acceptors (Lipinski definition) is 5. The van der Waals surface area contributed by atoms with Gasteiger partial charge < -0.3 is 15.7 Å². The van der Waals surface area contributed by atoms with E-state index in [0.717, 1.165) is 5.56 Å².